The fourth-order valence-electron chi connectivity index (χ4n) is 1.72. The van der Waals surface area contributed by atoms with Crippen LogP contribution >= 0.6 is 11.8 Å². The molecule has 2 heterocycles. The number of aromatic nitrogens is 4. The minimum Gasteiger partial charge on any atom is -0.476 e. The number of hydrogen-bond donors (Lipinski definition) is 1. The molecule has 0 spiro atoms. The van der Waals surface area contributed by atoms with E-state index in [-0.39, 0.29) is 5.69 Å². The van der Waals surface area contributed by atoms with Gasteiger partial charge in [0.1, 0.15) is 5.03 Å². The van der Waals surface area contributed by atoms with Crippen molar-refractivity contribution in [1.82, 2.24) is 20.2 Å². The van der Waals surface area contributed by atoms with Crippen molar-refractivity contribution in [1.29, 1.82) is 0 Å². The third-order valence-corrected chi connectivity index (χ3v) is 3.61. The monoisotopic (exact) mass is 284 g/mol. The molecule has 0 bridgehead atoms. The highest BCUT2D eigenvalue weighted by molar-refractivity contribution is 7.99. The lowest BCUT2D eigenvalue weighted by Crippen LogP contribution is -2.05. The molecule has 0 aliphatic heterocycles. The first-order chi connectivity index (χ1) is 9.75. The summed E-state index contributed by atoms with van der Waals surface area (Å²) in [6.07, 6.45) is 4.69. The van der Waals surface area contributed by atoms with Crippen LogP contribution in [0.5, 0.6) is 0 Å². The minimum absolute atomic E-state index is 0.0839. The molecule has 0 saturated carbocycles. The highest BCUT2D eigenvalue weighted by Gasteiger charge is 2.18. The van der Waals surface area contributed by atoms with E-state index in [4.69, 9.17) is 0 Å². The normalized spacial score (nSPS) is 10.6. The molecule has 98 valence electrons. The Hall–Kier alpha value is -2.54. The van der Waals surface area contributed by atoms with E-state index in [1.807, 2.05) is 18.2 Å². The van der Waals surface area contributed by atoms with Crippen LogP contribution in [0.25, 0.3) is 10.9 Å². The summed E-state index contributed by atoms with van der Waals surface area (Å²) in [6, 6.07) is 7.26. The molecule has 0 aliphatic rings. The molecule has 1 N–H and O–H groups in total. The highest BCUT2D eigenvalue weighted by Crippen LogP contribution is 2.33. The Morgan fingerprint density at radius 2 is 2.00 bits per heavy atom. The molecule has 0 amide bonds. The summed E-state index contributed by atoms with van der Waals surface area (Å²) in [5, 5.41) is 18.3. The number of nitrogens with zero attached hydrogens (tertiary/aromatic N) is 4. The zero-order valence-corrected chi connectivity index (χ0v) is 10.9. The van der Waals surface area contributed by atoms with Crippen LogP contribution in [0.15, 0.2) is 52.8 Å². The Morgan fingerprint density at radius 3 is 2.75 bits per heavy atom. The predicted molar refractivity (Wildman–Crippen MR) is 72.7 cm³/mol. The van der Waals surface area contributed by atoms with Crippen molar-refractivity contribution in [2.24, 2.45) is 0 Å². The largest absolute Gasteiger partial charge is 0.476 e. The number of carbonyl (C=O) groups is 1. The SMILES string of the molecule is O=C(O)c1nnc2ccccc2c1Sc1cnccn1. The van der Waals surface area contributed by atoms with Crippen LogP contribution < -0.4 is 0 Å². The van der Waals surface area contributed by atoms with Crippen molar-refractivity contribution in [3.05, 3.63) is 48.5 Å². The Labute approximate surface area is 117 Å². The molecular weight excluding hydrogens is 276 g/mol. The van der Waals surface area contributed by atoms with Gasteiger partial charge in [-0.3, -0.25) is 4.98 Å². The van der Waals surface area contributed by atoms with E-state index in [1.165, 1.54) is 11.8 Å². The second-order valence-corrected chi connectivity index (χ2v) is 4.88. The van der Waals surface area contributed by atoms with Gasteiger partial charge >= 0.3 is 5.97 Å². The second kappa shape index (κ2) is 5.22. The number of carboxylic acid groups (broad SMARTS) is 1. The third-order valence-electron chi connectivity index (χ3n) is 2.57. The maximum Gasteiger partial charge on any atom is 0.357 e. The van der Waals surface area contributed by atoms with E-state index in [9.17, 15) is 9.90 Å². The highest BCUT2D eigenvalue weighted by atomic mass is 32.2. The molecule has 0 radical (unpaired) electrons. The van der Waals surface area contributed by atoms with Gasteiger partial charge in [-0.1, -0.05) is 30.0 Å². The zero-order chi connectivity index (χ0) is 13.9. The van der Waals surface area contributed by atoms with Crippen LogP contribution in [0.3, 0.4) is 0 Å². The Kier molecular flexibility index (Phi) is 3.26. The molecule has 0 unspecified atom stereocenters. The van der Waals surface area contributed by atoms with Crippen LogP contribution in [0, 0.1) is 0 Å². The molecule has 3 rings (SSSR count). The number of aromatic carboxylic acids is 1. The molecule has 1 aromatic carbocycles. The summed E-state index contributed by atoms with van der Waals surface area (Å²) in [5.41, 5.74) is 0.559. The van der Waals surface area contributed by atoms with Crippen molar-refractivity contribution in [3.63, 3.8) is 0 Å². The van der Waals surface area contributed by atoms with Crippen LogP contribution in [0.1, 0.15) is 10.5 Å². The van der Waals surface area contributed by atoms with Gasteiger partial charge in [0.2, 0.25) is 0 Å². The minimum atomic E-state index is -1.12. The van der Waals surface area contributed by atoms with Gasteiger partial charge < -0.3 is 5.11 Å². The van der Waals surface area contributed by atoms with Gasteiger partial charge in [0.15, 0.2) is 5.69 Å². The van der Waals surface area contributed by atoms with Crippen LogP contribution in [-0.2, 0) is 0 Å². The molecule has 6 nitrogen and oxygen atoms in total. The molecule has 0 atom stereocenters. The van der Waals surface area contributed by atoms with Gasteiger partial charge in [0, 0.05) is 17.8 Å². The Morgan fingerprint density at radius 1 is 1.15 bits per heavy atom. The van der Waals surface area contributed by atoms with Gasteiger partial charge in [-0.15, -0.1) is 10.2 Å². The fraction of sp³-hybridized carbons (Fsp3) is 0. The summed E-state index contributed by atoms with van der Waals surface area (Å²) >= 11 is 1.22. The molecule has 2 aromatic heterocycles. The van der Waals surface area contributed by atoms with E-state index < -0.39 is 5.97 Å². The van der Waals surface area contributed by atoms with Gasteiger partial charge in [0.05, 0.1) is 16.6 Å². The lowest BCUT2D eigenvalue weighted by atomic mass is 10.2. The van der Waals surface area contributed by atoms with Gasteiger partial charge in [-0.25, -0.2) is 9.78 Å². The second-order valence-electron chi connectivity index (χ2n) is 3.85. The van der Waals surface area contributed by atoms with Gasteiger partial charge in [-0.05, 0) is 6.07 Å². The van der Waals surface area contributed by atoms with Crippen molar-refractivity contribution >= 4 is 28.6 Å². The summed E-state index contributed by atoms with van der Waals surface area (Å²) in [7, 11) is 0. The molecule has 0 fully saturated rings. The summed E-state index contributed by atoms with van der Waals surface area (Å²) in [5.74, 6) is -1.12. The Balaban J connectivity index is 2.20. The van der Waals surface area contributed by atoms with Gasteiger partial charge in [0.25, 0.3) is 0 Å². The average Bonchev–Trinajstić information content (AvgIpc) is 2.48. The van der Waals surface area contributed by atoms with Crippen molar-refractivity contribution in [3.8, 4) is 0 Å². The lowest BCUT2D eigenvalue weighted by Gasteiger charge is -2.07. The topological polar surface area (TPSA) is 88.9 Å². The average molecular weight is 284 g/mol. The number of carboxylic acids is 1. The standard InChI is InChI=1S/C13H8N4O2S/c18-13(19)11-12(20-10-7-14-5-6-15-10)8-3-1-2-4-9(8)16-17-11/h1-7H,(H,18,19). The first kappa shape index (κ1) is 12.5. The van der Waals surface area contributed by atoms with E-state index in [1.54, 1.807) is 24.7 Å². The first-order valence-corrected chi connectivity index (χ1v) is 6.50. The zero-order valence-electron chi connectivity index (χ0n) is 10.1. The van der Waals surface area contributed by atoms with Crippen LogP contribution in [-0.4, -0.2) is 31.2 Å². The van der Waals surface area contributed by atoms with E-state index in [2.05, 4.69) is 20.2 Å². The molecule has 20 heavy (non-hydrogen) atoms. The fourth-order valence-corrected chi connectivity index (χ4v) is 2.66. The van der Waals surface area contributed by atoms with Gasteiger partial charge in [-0.2, -0.15) is 0 Å². The maximum absolute atomic E-state index is 11.3. The number of benzene rings is 1. The lowest BCUT2D eigenvalue weighted by molar-refractivity contribution is 0.0685. The van der Waals surface area contributed by atoms with Crippen LogP contribution in [0.2, 0.25) is 0 Å². The van der Waals surface area contributed by atoms with Crippen molar-refractivity contribution in [2.45, 2.75) is 9.92 Å². The number of hydrogen-bond acceptors (Lipinski definition) is 6. The summed E-state index contributed by atoms with van der Waals surface area (Å²) < 4.78 is 0. The molecule has 7 heteroatoms. The van der Waals surface area contributed by atoms with E-state index in [0.717, 1.165) is 5.39 Å². The smallest absolute Gasteiger partial charge is 0.357 e. The van der Waals surface area contributed by atoms with E-state index >= 15 is 0 Å². The predicted octanol–water partition coefficient (Wildman–Crippen LogP) is 2.27. The van der Waals surface area contributed by atoms with Crippen molar-refractivity contribution in [2.75, 3.05) is 0 Å². The molecule has 0 aliphatic carbocycles. The van der Waals surface area contributed by atoms with Crippen molar-refractivity contribution < 1.29 is 9.90 Å². The maximum atomic E-state index is 11.3. The van der Waals surface area contributed by atoms with Crippen LogP contribution in [0.4, 0.5) is 0 Å². The third kappa shape index (κ3) is 2.30. The molecular formula is C13H8N4O2S. The Bertz CT molecular complexity index is 780. The first-order valence-electron chi connectivity index (χ1n) is 5.68. The summed E-state index contributed by atoms with van der Waals surface area (Å²) in [6.45, 7) is 0. The molecule has 0 saturated heterocycles. The summed E-state index contributed by atoms with van der Waals surface area (Å²) in [4.78, 5) is 19.9. The quantitative estimate of drug-likeness (QED) is 0.789. The molecule has 3 aromatic rings. The number of fused-ring (bicyclic) bond motifs is 1. The van der Waals surface area contributed by atoms with E-state index in [0.29, 0.717) is 15.4 Å². The number of rotatable bonds is 3.